The van der Waals surface area contributed by atoms with Crippen molar-refractivity contribution in [3.8, 4) is 0 Å². The molecule has 2 aromatic rings. The van der Waals surface area contributed by atoms with Crippen LogP contribution in [0.3, 0.4) is 0 Å². The summed E-state index contributed by atoms with van der Waals surface area (Å²) in [7, 11) is 0. The Bertz CT molecular complexity index is 716. The summed E-state index contributed by atoms with van der Waals surface area (Å²) in [5, 5.41) is 14.4. The number of amides is 1. The van der Waals surface area contributed by atoms with Crippen LogP contribution in [0.4, 0.5) is 5.69 Å². The van der Waals surface area contributed by atoms with E-state index in [2.05, 4.69) is 33.1 Å². The standard InChI is InChI=1S/C14H10IN3O3/c15-12-5-2-4-11(8-12)14(19)17-16-9-10-3-1-6-13(7-10)18(20)21/h1-9H,(H,17,19)/b16-9+. The highest BCUT2D eigenvalue weighted by molar-refractivity contribution is 14.1. The number of hydrogen-bond acceptors (Lipinski definition) is 4. The van der Waals surface area contributed by atoms with Gasteiger partial charge in [0.1, 0.15) is 0 Å². The van der Waals surface area contributed by atoms with Crippen LogP contribution >= 0.6 is 22.6 Å². The average molecular weight is 395 g/mol. The molecule has 0 saturated carbocycles. The van der Waals surface area contributed by atoms with Gasteiger partial charge in [-0.25, -0.2) is 5.43 Å². The first-order valence-corrected chi connectivity index (χ1v) is 6.97. The van der Waals surface area contributed by atoms with Crippen molar-refractivity contribution in [2.45, 2.75) is 0 Å². The molecular weight excluding hydrogens is 385 g/mol. The van der Waals surface area contributed by atoms with Gasteiger partial charge in [0.25, 0.3) is 11.6 Å². The Labute approximate surface area is 134 Å². The number of benzene rings is 2. The number of halogens is 1. The highest BCUT2D eigenvalue weighted by Crippen LogP contribution is 2.11. The van der Waals surface area contributed by atoms with Crippen LogP contribution in [0.15, 0.2) is 53.6 Å². The van der Waals surface area contributed by atoms with Crippen molar-refractivity contribution in [1.29, 1.82) is 0 Å². The van der Waals surface area contributed by atoms with Gasteiger partial charge in [-0.1, -0.05) is 18.2 Å². The molecule has 0 aliphatic carbocycles. The molecule has 7 heteroatoms. The largest absolute Gasteiger partial charge is 0.271 e. The first-order valence-electron chi connectivity index (χ1n) is 5.90. The minimum absolute atomic E-state index is 0.0251. The van der Waals surface area contributed by atoms with E-state index in [1.165, 1.54) is 18.3 Å². The Morgan fingerprint density at radius 2 is 2.00 bits per heavy atom. The molecule has 2 aromatic carbocycles. The zero-order valence-electron chi connectivity index (χ0n) is 10.7. The van der Waals surface area contributed by atoms with Gasteiger partial charge < -0.3 is 0 Å². The Balaban J connectivity index is 2.04. The minimum atomic E-state index is -0.484. The van der Waals surface area contributed by atoms with E-state index in [0.29, 0.717) is 11.1 Å². The molecule has 1 N–H and O–H groups in total. The average Bonchev–Trinajstić information content (AvgIpc) is 2.47. The highest BCUT2D eigenvalue weighted by Gasteiger charge is 2.05. The number of hydrogen-bond donors (Lipinski definition) is 1. The quantitative estimate of drug-likeness (QED) is 0.374. The van der Waals surface area contributed by atoms with Crippen molar-refractivity contribution >= 4 is 40.4 Å². The molecule has 0 aliphatic rings. The number of nitrogens with one attached hydrogen (secondary N) is 1. The molecule has 6 nitrogen and oxygen atoms in total. The lowest BCUT2D eigenvalue weighted by molar-refractivity contribution is -0.384. The first-order chi connectivity index (χ1) is 10.1. The fourth-order valence-electron chi connectivity index (χ4n) is 1.58. The topological polar surface area (TPSA) is 84.6 Å². The summed E-state index contributed by atoms with van der Waals surface area (Å²) in [6.07, 6.45) is 1.36. The summed E-state index contributed by atoms with van der Waals surface area (Å²) in [5.41, 5.74) is 3.39. The third-order valence-corrected chi connectivity index (χ3v) is 3.22. The van der Waals surface area contributed by atoms with Gasteiger partial charge in [0.15, 0.2) is 0 Å². The molecular formula is C14H10IN3O3. The Morgan fingerprint density at radius 1 is 1.24 bits per heavy atom. The fraction of sp³-hybridized carbons (Fsp3) is 0. The van der Waals surface area contributed by atoms with Crippen molar-refractivity contribution in [2.75, 3.05) is 0 Å². The molecule has 0 aromatic heterocycles. The van der Waals surface area contributed by atoms with E-state index in [9.17, 15) is 14.9 Å². The molecule has 0 saturated heterocycles. The summed E-state index contributed by atoms with van der Waals surface area (Å²) in [5.74, 6) is -0.338. The third-order valence-electron chi connectivity index (χ3n) is 2.55. The van der Waals surface area contributed by atoms with E-state index in [1.54, 1.807) is 30.3 Å². The second-order valence-corrected chi connectivity index (χ2v) is 5.31. The molecule has 0 heterocycles. The fourth-order valence-corrected chi connectivity index (χ4v) is 2.12. The molecule has 106 valence electrons. The number of rotatable bonds is 4. The van der Waals surface area contributed by atoms with E-state index >= 15 is 0 Å². The zero-order valence-corrected chi connectivity index (χ0v) is 12.9. The van der Waals surface area contributed by atoms with Crippen LogP contribution in [0, 0.1) is 13.7 Å². The SMILES string of the molecule is O=C(N/N=C/c1cccc([N+](=O)[O-])c1)c1cccc(I)c1. The van der Waals surface area contributed by atoms with Crippen LogP contribution in [0.25, 0.3) is 0 Å². The maximum atomic E-state index is 11.8. The lowest BCUT2D eigenvalue weighted by Gasteiger charge is -2.00. The molecule has 21 heavy (non-hydrogen) atoms. The highest BCUT2D eigenvalue weighted by atomic mass is 127. The van der Waals surface area contributed by atoms with Crippen molar-refractivity contribution in [2.24, 2.45) is 5.10 Å². The number of non-ortho nitro benzene ring substituents is 1. The number of hydrazone groups is 1. The molecule has 0 fully saturated rings. The predicted molar refractivity (Wildman–Crippen MR) is 87.3 cm³/mol. The van der Waals surface area contributed by atoms with Gasteiger partial charge in [-0.3, -0.25) is 14.9 Å². The van der Waals surface area contributed by atoms with Gasteiger partial charge in [0, 0.05) is 26.8 Å². The smallest absolute Gasteiger partial charge is 0.267 e. The second kappa shape index (κ2) is 6.93. The van der Waals surface area contributed by atoms with Crippen LogP contribution in [-0.2, 0) is 0 Å². The van der Waals surface area contributed by atoms with Crippen LogP contribution in [-0.4, -0.2) is 17.0 Å². The Hall–Kier alpha value is -2.29. The van der Waals surface area contributed by atoms with Gasteiger partial charge in [0.05, 0.1) is 11.1 Å². The number of nitro benzene ring substituents is 1. The number of carbonyl (C=O) groups is 1. The maximum Gasteiger partial charge on any atom is 0.271 e. The molecule has 1 amide bonds. The lowest BCUT2D eigenvalue weighted by atomic mass is 10.2. The number of nitrogens with zero attached hydrogens (tertiary/aromatic N) is 2. The van der Waals surface area contributed by atoms with Crippen LogP contribution in [0.1, 0.15) is 15.9 Å². The molecule has 0 aliphatic heterocycles. The summed E-state index contributed by atoms with van der Waals surface area (Å²) < 4.78 is 0.947. The van der Waals surface area contributed by atoms with Gasteiger partial charge in [-0.15, -0.1) is 0 Å². The zero-order chi connectivity index (χ0) is 15.2. The lowest BCUT2D eigenvalue weighted by Crippen LogP contribution is -2.17. The third kappa shape index (κ3) is 4.35. The van der Waals surface area contributed by atoms with Crippen LogP contribution < -0.4 is 5.43 Å². The van der Waals surface area contributed by atoms with Crippen molar-refractivity contribution in [1.82, 2.24) is 5.43 Å². The van der Waals surface area contributed by atoms with Crippen LogP contribution in [0.5, 0.6) is 0 Å². The van der Waals surface area contributed by atoms with E-state index in [-0.39, 0.29) is 11.6 Å². The van der Waals surface area contributed by atoms with Crippen LogP contribution in [0.2, 0.25) is 0 Å². The molecule has 0 atom stereocenters. The molecule has 2 rings (SSSR count). The van der Waals surface area contributed by atoms with Crippen molar-refractivity contribution in [3.05, 3.63) is 73.3 Å². The van der Waals surface area contributed by atoms with Crippen molar-refractivity contribution < 1.29 is 9.72 Å². The minimum Gasteiger partial charge on any atom is -0.267 e. The monoisotopic (exact) mass is 395 g/mol. The van der Waals surface area contributed by atoms with Crippen molar-refractivity contribution in [3.63, 3.8) is 0 Å². The summed E-state index contributed by atoms with van der Waals surface area (Å²) in [6.45, 7) is 0. The molecule has 0 bridgehead atoms. The van der Waals surface area contributed by atoms with Gasteiger partial charge in [-0.2, -0.15) is 5.10 Å². The van der Waals surface area contributed by atoms with Gasteiger partial charge in [-0.05, 0) is 40.8 Å². The van der Waals surface area contributed by atoms with Gasteiger partial charge in [0.2, 0.25) is 0 Å². The predicted octanol–water partition coefficient (Wildman–Crippen LogP) is 2.96. The molecule has 0 radical (unpaired) electrons. The molecule has 0 unspecified atom stereocenters. The number of nitro groups is 1. The second-order valence-electron chi connectivity index (χ2n) is 4.06. The maximum absolute atomic E-state index is 11.8. The van der Waals surface area contributed by atoms with Gasteiger partial charge >= 0.3 is 0 Å². The van der Waals surface area contributed by atoms with E-state index < -0.39 is 4.92 Å². The number of carbonyl (C=O) groups excluding carboxylic acids is 1. The van der Waals surface area contributed by atoms with E-state index in [1.807, 2.05) is 6.07 Å². The summed E-state index contributed by atoms with van der Waals surface area (Å²) in [6, 6.07) is 13.1. The Morgan fingerprint density at radius 3 is 2.71 bits per heavy atom. The van der Waals surface area contributed by atoms with E-state index in [0.717, 1.165) is 3.57 Å². The summed E-state index contributed by atoms with van der Waals surface area (Å²) >= 11 is 2.11. The van der Waals surface area contributed by atoms with E-state index in [4.69, 9.17) is 0 Å². The molecule has 0 spiro atoms. The summed E-state index contributed by atoms with van der Waals surface area (Å²) in [4.78, 5) is 22.0. The first kappa shape index (κ1) is 15.1. The normalized spacial score (nSPS) is 10.5. The Kier molecular flexibility index (Phi) is 4.99.